The lowest BCUT2D eigenvalue weighted by Crippen LogP contribution is -1.80. The molecule has 0 saturated heterocycles. The van der Waals surface area contributed by atoms with Crippen molar-refractivity contribution < 1.29 is 8.78 Å². The summed E-state index contributed by atoms with van der Waals surface area (Å²) < 4.78 is 25.7. The highest BCUT2D eigenvalue weighted by molar-refractivity contribution is 9.11. The van der Waals surface area contributed by atoms with Crippen LogP contribution in [0.2, 0.25) is 0 Å². The molecule has 2 rings (SSSR count). The van der Waals surface area contributed by atoms with E-state index < -0.39 is 0 Å². The van der Waals surface area contributed by atoms with E-state index in [4.69, 9.17) is 0 Å². The summed E-state index contributed by atoms with van der Waals surface area (Å²) in [5.41, 5.74) is 1.76. The summed E-state index contributed by atoms with van der Waals surface area (Å²) in [6, 6.07) is 12.2. The van der Waals surface area contributed by atoms with E-state index in [9.17, 15) is 8.78 Å². The molecule has 18 heavy (non-hydrogen) atoms. The fraction of sp³-hybridized carbons (Fsp3) is 0.143. The lowest BCUT2D eigenvalue weighted by Gasteiger charge is -1.98. The maximum Gasteiger partial charge on any atom is 0.138 e. The van der Waals surface area contributed by atoms with Crippen LogP contribution in [0.4, 0.5) is 8.78 Å². The second kappa shape index (κ2) is 7.64. The minimum atomic E-state index is -0.360. The SMILES string of the molecule is Cc1cc(Br)c(F)cc1Br.FCc1ccccc1. The number of halogens is 4. The largest absolute Gasteiger partial charge is 0.246 e. The van der Waals surface area contributed by atoms with Crippen molar-refractivity contribution in [2.24, 2.45) is 0 Å². The van der Waals surface area contributed by atoms with E-state index >= 15 is 0 Å². The normalized spacial score (nSPS) is 9.61. The van der Waals surface area contributed by atoms with Crippen LogP contribution < -0.4 is 0 Å². The second-order valence-corrected chi connectivity index (χ2v) is 5.34. The van der Waals surface area contributed by atoms with Crippen molar-refractivity contribution in [3.63, 3.8) is 0 Å². The first-order valence-electron chi connectivity index (χ1n) is 5.25. The topological polar surface area (TPSA) is 0 Å². The molecule has 0 N–H and O–H groups in total. The van der Waals surface area contributed by atoms with E-state index in [-0.39, 0.29) is 12.5 Å². The molecule has 0 fully saturated rings. The number of hydrogen-bond acceptors (Lipinski definition) is 0. The summed E-state index contributed by atoms with van der Waals surface area (Å²) in [6.07, 6.45) is 0. The number of alkyl halides is 1. The van der Waals surface area contributed by atoms with Gasteiger partial charge < -0.3 is 0 Å². The predicted octanol–water partition coefficient (Wildman–Crippen LogP) is 5.82. The third-order valence-corrected chi connectivity index (χ3v) is 3.66. The van der Waals surface area contributed by atoms with E-state index in [0.29, 0.717) is 4.47 Å². The van der Waals surface area contributed by atoms with Crippen LogP contribution in [-0.4, -0.2) is 0 Å². The van der Waals surface area contributed by atoms with Crippen LogP contribution in [-0.2, 0) is 6.67 Å². The van der Waals surface area contributed by atoms with Crippen molar-refractivity contribution in [1.82, 2.24) is 0 Å². The molecule has 0 unspecified atom stereocenters. The third-order valence-electron chi connectivity index (χ3n) is 2.20. The van der Waals surface area contributed by atoms with E-state index in [1.807, 2.05) is 25.1 Å². The maximum absolute atomic E-state index is 12.7. The Bertz CT molecular complexity index is 448. The Kier molecular flexibility index (Phi) is 6.50. The molecule has 0 spiro atoms. The van der Waals surface area contributed by atoms with Gasteiger partial charge in [-0.05, 0) is 46.1 Å². The molecule has 96 valence electrons. The molecule has 2 aromatic carbocycles. The van der Waals surface area contributed by atoms with E-state index in [1.165, 1.54) is 6.07 Å². The van der Waals surface area contributed by atoms with Gasteiger partial charge in [0.15, 0.2) is 0 Å². The summed E-state index contributed by atoms with van der Waals surface area (Å²) in [5, 5.41) is 0. The summed E-state index contributed by atoms with van der Waals surface area (Å²) in [7, 11) is 0. The lowest BCUT2D eigenvalue weighted by molar-refractivity contribution is 0.485. The van der Waals surface area contributed by atoms with Gasteiger partial charge in [-0.1, -0.05) is 46.3 Å². The zero-order chi connectivity index (χ0) is 13.5. The Morgan fingerprint density at radius 2 is 1.61 bits per heavy atom. The third kappa shape index (κ3) is 4.86. The number of hydrogen-bond donors (Lipinski definition) is 0. The summed E-state index contributed by atoms with van der Waals surface area (Å²) in [5.74, 6) is -0.238. The molecule has 0 atom stereocenters. The lowest BCUT2D eigenvalue weighted by atomic mass is 10.2. The first kappa shape index (κ1) is 15.3. The zero-order valence-corrected chi connectivity index (χ0v) is 12.9. The molecule has 0 saturated carbocycles. The Hall–Kier alpha value is -0.740. The monoisotopic (exact) mass is 376 g/mol. The first-order valence-corrected chi connectivity index (χ1v) is 6.84. The van der Waals surface area contributed by atoms with Gasteiger partial charge in [0.2, 0.25) is 0 Å². The second-order valence-electron chi connectivity index (χ2n) is 3.63. The van der Waals surface area contributed by atoms with Crippen molar-refractivity contribution in [3.05, 3.63) is 68.4 Å². The van der Waals surface area contributed by atoms with Gasteiger partial charge in [-0.15, -0.1) is 0 Å². The molecule has 0 radical (unpaired) electrons. The van der Waals surface area contributed by atoms with Gasteiger partial charge in [-0.3, -0.25) is 0 Å². The molecule has 0 aliphatic heterocycles. The van der Waals surface area contributed by atoms with Crippen LogP contribution in [0.3, 0.4) is 0 Å². The van der Waals surface area contributed by atoms with Crippen molar-refractivity contribution in [3.8, 4) is 0 Å². The quantitative estimate of drug-likeness (QED) is 0.549. The molecular formula is C14H12Br2F2. The van der Waals surface area contributed by atoms with E-state index in [2.05, 4.69) is 31.9 Å². The molecule has 0 aromatic heterocycles. The highest BCUT2D eigenvalue weighted by atomic mass is 79.9. The highest BCUT2D eigenvalue weighted by Crippen LogP contribution is 2.23. The van der Waals surface area contributed by atoms with Crippen LogP contribution in [0.1, 0.15) is 11.1 Å². The average molecular weight is 378 g/mol. The Morgan fingerprint density at radius 3 is 2.06 bits per heavy atom. The number of aryl methyl sites for hydroxylation is 1. The molecule has 0 amide bonds. The molecule has 0 nitrogen and oxygen atoms in total. The van der Waals surface area contributed by atoms with Gasteiger partial charge in [0.05, 0.1) is 4.47 Å². The molecule has 0 bridgehead atoms. The van der Waals surface area contributed by atoms with Gasteiger partial charge in [0, 0.05) is 4.47 Å². The van der Waals surface area contributed by atoms with Crippen molar-refractivity contribution in [1.29, 1.82) is 0 Å². The van der Waals surface area contributed by atoms with Gasteiger partial charge >= 0.3 is 0 Å². The summed E-state index contributed by atoms with van der Waals surface area (Å²) in [4.78, 5) is 0. The van der Waals surface area contributed by atoms with Gasteiger partial charge in [0.25, 0.3) is 0 Å². The number of benzene rings is 2. The van der Waals surface area contributed by atoms with Crippen molar-refractivity contribution in [2.75, 3.05) is 0 Å². The highest BCUT2D eigenvalue weighted by Gasteiger charge is 2.01. The molecular weight excluding hydrogens is 366 g/mol. The molecule has 0 aliphatic carbocycles. The van der Waals surface area contributed by atoms with Crippen molar-refractivity contribution >= 4 is 31.9 Å². The molecule has 4 heteroatoms. The Morgan fingerprint density at radius 1 is 1.00 bits per heavy atom. The Labute approximate surface area is 122 Å². The van der Waals surface area contributed by atoms with Gasteiger partial charge in [0.1, 0.15) is 12.5 Å². The van der Waals surface area contributed by atoms with Crippen LogP contribution >= 0.6 is 31.9 Å². The molecule has 2 aromatic rings. The van der Waals surface area contributed by atoms with Crippen LogP contribution in [0.5, 0.6) is 0 Å². The zero-order valence-electron chi connectivity index (χ0n) is 9.76. The number of rotatable bonds is 1. The van der Waals surface area contributed by atoms with E-state index in [0.717, 1.165) is 15.6 Å². The fourth-order valence-corrected chi connectivity index (χ4v) is 1.96. The molecule has 0 aliphatic rings. The summed E-state index contributed by atoms with van der Waals surface area (Å²) >= 11 is 6.30. The fourth-order valence-electron chi connectivity index (χ4n) is 1.19. The van der Waals surface area contributed by atoms with Crippen LogP contribution in [0, 0.1) is 12.7 Å². The minimum Gasteiger partial charge on any atom is -0.246 e. The van der Waals surface area contributed by atoms with Crippen LogP contribution in [0.25, 0.3) is 0 Å². The van der Waals surface area contributed by atoms with Crippen molar-refractivity contribution in [2.45, 2.75) is 13.6 Å². The maximum atomic E-state index is 12.7. The first-order chi connectivity index (χ1) is 8.54. The van der Waals surface area contributed by atoms with E-state index in [1.54, 1.807) is 18.2 Å². The molecule has 0 heterocycles. The Balaban J connectivity index is 0.000000184. The van der Waals surface area contributed by atoms with Crippen LogP contribution in [0.15, 0.2) is 51.4 Å². The summed E-state index contributed by atoms with van der Waals surface area (Å²) in [6.45, 7) is 1.55. The van der Waals surface area contributed by atoms with Gasteiger partial charge in [-0.2, -0.15) is 0 Å². The minimum absolute atomic E-state index is 0.238. The smallest absolute Gasteiger partial charge is 0.138 e. The predicted molar refractivity (Wildman–Crippen MR) is 77.8 cm³/mol. The average Bonchev–Trinajstić information content (AvgIpc) is 2.38. The van der Waals surface area contributed by atoms with Gasteiger partial charge in [-0.25, -0.2) is 8.78 Å². The standard InChI is InChI=1S/C7H5Br2F.C7H7F/c1-4-2-6(9)7(10)3-5(4)8;8-6-7-4-2-1-3-5-7/h2-3H,1H3;1-5H,6H2.